The SMILES string of the molecule is N#Cc1ccc(O[C@H]2CC[C@H](N3Cc4cc(C#CC5CN(C6CCN(c7ccc8c(c7)C(=O)N(C7CCC(=O)NC7=O)C8=O)CC6)C5)ccc4C3=O)CC2)cc1Cl. The van der Waals surface area contributed by atoms with Crippen molar-refractivity contribution in [3.8, 4) is 23.7 Å². The number of carbonyl (C=O) groups is 5. The number of ether oxygens (including phenoxy) is 1. The lowest BCUT2D eigenvalue weighted by Gasteiger charge is -2.46. The highest BCUT2D eigenvalue weighted by Gasteiger charge is 2.45. The predicted molar refractivity (Wildman–Crippen MR) is 209 cm³/mol. The van der Waals surface area contributed by atoms with Gasteiger partial charge in [0.05, 0.1) is 27.8 Å². The quantitative estimate of drug-likeness (QED) is 0.273. The number of nitrogens with one attached hydrogen (secondary N) is 1. The monoisotopic (exact) mass is 784 g/mol. The minimum atomic E-state index is -0.975. The second-order valence-corrected chi connectivity index (χ2v) is 16.3. The van der Waals surface area contributed by atoms with Crippen LogP contribution in [-0.2, 0) is 16.1 Å². The zero-order valence-electron chi connectivity index (χ0n) is 31.3. The number of fused-ring (bicyclic) bond motifs is 2. The largest absolute Gasteiger partial charge is 0.490 e. The minimum absolute atomic E-state index is 0.0444. The van der Waals surface area contributed by atoms with Crippen molar-refractivity contribution in [3.05, 3.63) is 93.0 Å². The van der Waals surface area contributed by atoms with E-state index in [2.05, 4.69) is 39.1 Å². The topological polar surface area (TPSA) is 143 Å². The van der Waals surface area contributed by atoms with E-state index in [1.165, 1.54) is 0 Å². The van der Waals surface area contributed by atoms with Crippen molar-refractivity contribution in [1.82, 2.24) is 20.0 Å². The van der Waals surface area contributed by atoms with Gasteiger partial charge in [0.1, 0.15) is 17.9 Å². The Bertz CT molecular complexity index is 2310. The zero-order valence-corrected chi connectivity index (χ0v) is 32.1. The predicted octanol–water partition coefficient (Wildman–Crippen LogP) is 4.91. The molecule has 5 heterocycles. The molecule has 9 rings (SSSR count). The van der Waals surface area contributed by atoms with Crippen LogP contribution >= 0.6 is 11.6 Å². The Kier molecular flexibility index (Phi) is 9.71. The number of imide groups is 2. The fourth-order valence-electron chi connectivity index (χ4n) is 9.28. The molecule has 13 heteroatoms. The van der Waals surface area contributed by atoms with Crippen LogP contribution in [-0.4, -0.2) is 94.6 Å². The Labute approximate surface area is 335 Å². The lowest BCUT2D eigenvalue weighted by Crippen LogP contribution is -2.55. The van der Waals surface area contributed by atoms with E-state index in [1.54, 1.807) is 30.3 Å². The van der Waals surface area contributed by atoms with Gasteiger partial charge in [0.15, 0.2) is 0 Å². The highest BCUT2D eigenvalue weighted by atomic mass is 35.5. The number of carbonyl (C=O) groups excluding carboxylic acids is 5. The lowest BCUT2D eigenvalue weighted by molar-refractivity contribution is -0.136. The standard InChI is InChI=1S/C44H41ClN6O6/c45-38-21-34(8-4-28(38)22-46)57-33-9-5-31(6-10-33)50-25-29-19-26(3-11-35(29)42(50)54)1-2-27-23-49(24-27)30-15-17-48(18-16-30)32-7-12-36-37(20-32)44(56)51(43(36)55)39-13-14-40(52)47-41(39)53/h3-4,7-8,11-12,19-21,27,30-31,33,39H,5-6,9-10,13-18,23-25H2,(H,47,52,53)/t31-,33-,39?. The average molecular weight is 785 g/mol. The van der Waals surface area contributed by atoms with Gasteiger partial charge in [-0.15, -0.1) is 0 Å². The highest BCUT2D eigenvalue weighted by Crippen LogP contribution is 2.35. The molecule has 1 saturated carbocycles. The smallest absolute Gasteiger partial charge is 0.262 e. The fourth-order valence-corrected chi connectivity index (χ4v) is 9.49. The van der Waals surface area contributed by atoms with E-state index in [0.29, 0.717) is 46.0 Å². The number of nitrogens with zero attached hydrogens (tertiary/aromatic N) is 5. The number of anilines is 1. The highest BCUT2D eigenvalue weighted by molar-refractivity contribution is 6.31. The summed E-state index contributed by atoms with van der Waals surface area (Å²) in [6.45, 7) is 4.09. The molecule has 0 radical (unpaired) electrons. The van der Waals surface area contributed by atoms with Crippen molar-refractivity contribution in [2.75, 3.05) is 31.1 Å². The van der Waals surface area contributed by atoms with Crippen molar-refractivity contribution in [2.24, 2.45) is 5.92 Å². The summed E-state index contributed by atoms with van der Waals surface area (Å²) in [6.07, 6.45) is 5.62. The van der Waals surface area contributed by atoms with E-state index in [4.69, 9.17) is 21.6 Å². The third-order valence-electron chi connectivity index (χ3n) is 12.5. The number of rotatable bonds is 6. The van der Waals surface area contributed by atoms with Gasteiger partial charge >= 0.3 is 0 Å². The number of halogens is 1. The van der Waals surface area contributed by atoms with Crippen molar-refractivity contribution in [3.63, 3.8) is 0 Å². The van der Waals surface area contributed by atoms with Gasteiger partial charge in [0.25, 0.3) is 17.7 Å². The molecule has 3 aromatic carbocycles. The van der Waals surface area contributed by atoms with E-state index >= 15 is 0 Å². The molecule has 0 spiro atoms. The van der Waals surface area contributed by atoms with E-state index in [1.807, 2.05) is 23.1 Å². The van der Waals surface area contributed by atoms with E-state index in [-0.39, 0.29) is 30.9 Å². The second-order valence-electron chi connectivity index (χ2n) is 15.9. The molecule has 3 saturated heterocycles. The molecular formula is C44H41ClN6O6. The van der Waals surface area contributed by atoms with E-state index in [9.17, 15) is 24.0 Å². The molecule has 1 atom stereocenters. The van der Waals surface area contributed by atoms with Gasteiger partial charge < -0.3 is 14.5 Å². The average Bonchev–Trinajstić information content (AvgIpc) is 3.65. The van der Waals surface area contributed by atoms with Gasteiger partial charge in [-0.3, -0.25) is 39.1 Å². The number of benzene rings is 3. The third-order valence-corrected chi connectivity index (χ3v) is 12.8. The van der Waals surface area contributed by atoms with Gasteiger partial charge in [-0.05, 0) is 99.0 Å². The molecule has 4 fully saturated rings. The number of hydrogen-bond donors (Lipinski definition) is 1. The van der Waals surface area contributed by atoms with Crippen LogP contribution < -0.4 is 15.0 Å². The van der Waals surface area contributed by atoms with Crippen LogP contribution in [0.5, 0.6) is 5.75 Å². The Balaban J connectivity index is 0.737. The van der Waals surface area contributed by atoms with Crippen LogP contribution in [0, 0.1) is 29.1 Å². The van der Waals surface area contributed by atoms with Crippen LogP contribution in [0.2, 0.25) is 5.02 Å². The summed E-state index contributed by atoms with van der Waals surface area (Å²) in [5.41, 5.74) is 4.64. The van der Waals surface area contributed by atoms with Crippen LogP contribution in [0.3, 0.4) is 0 Å². The minimum Gasteiger partial charge on any atom is -0.490 e. The lowest BCUT2D eigenvalue weighted by atomic mass is 9.92. The second kappa shape index (κ2) is 15.0. The number of likely N-dealkylation sites (tertiary alicyclic amines) is 1. The summed E-state index contributed by atoms with van der Waals surface area (Å²) >= 11 is 6.18. The first kappa shape index (κ1) is 36.9. The fraction of sp³-hybridized carbons (Fsp3) is 0.409. The molecule has 5 amide bonds. The van der Waals surface area contributed by atoms with Gasteiger partial charge in [-0.25, -0.2) is 0 Å². The number of hydrogen-bond acceptors (Lipinski definition) is 9. The van der Waals surface area contributed by atoms with Crippen LogP contribution in [0.15, 0.2) is 54.6 Å². The number of amides is 5. The molecule has 0 bridgehead atoms. The molecule has 290 valence electrons. The summed E-state index contributed by atoms with van der Waals surface area (Å²) in [5, 5.41) is 11.8. The maximum atomic E-state index is 13.4. The summed E-state index contributed by atoms with van der Waals surface area (Å²) in [5.74, 6) is 5.91. The molecule has 6 aliphatic rings. The molecule has 0 aromatic heterocycles. The maximum absolute atomic E-state index is 13.4. The molecular weight excluding hydrogens is 744 g/mol. The molecule has 1 N–H and O–H groups in total. The Morgan fingerprint density at radius 1 is 0.772 bits per heavy atom. The third kappa shape index (κ3) is 7.02. The molecule has 57 heavy (non-hydrogen) atoms. The first-order chi connectivity index (χ1) is 27.6. The Morgan fingerprint density at radius 2 is 1.53 bits per heavy atom. The molecule has 3 aromatic rings. The number of piperidine rings is 2. The first-order valence-corrected chi connectivity index (χ1v) is 20.2. The summed E-state index contributed by atoms with van der Waals surface area (Å²) in [6, 6.07) is 18.1. The zero-order chi connectivity index (χ0) is 39.4. The molecule has 5 aliphatic heterocycles. The molecule has 1 unspecified atom stereocenters. The first-order valence-electron chi connectivity index (χ1n) is 19.8. The molecule has 12 nitrogen and oxygen atoms in total. The Hall–Kier alpha value is -5.69. The van der Waals surface area contributed by atoms with Crippen LogP contribution in [0.1, 0.15) is 99.1 Å². The maximum Gasteiger partial charge on any atom is 0.262 e. The Morgan fingerprint density at radius 3 is 2.26 bits per heavy atom. The van der Waals surface area contributed by atoms with Crippen molar-refractivity contribution in [1.29, 1.82) is 5.26 Å². The normalized spacial score (nSPS) is 24.0. The van der Waals surface area contributed by atoms with Gasteiger partial charge in [0, 0.05) is 80.0 Å². The van der Waals surface area contributed by atoms with Crippen molar-refractivity contribution in [2.45, 2.75) is 82.1 Å². The summed E-state index contributed by atoms with van der Waals surface area (Å²) in [4.78, 5) is 71.6. The van der Waals surface area contributed by atoms with Crippen molar-refractivity contribution >= 4 is 46.8 Å². The van der Waals surface area contributed by atoms with Crippen molar-refractivity contribution < 1.29 is 28.7 Å². The van der Waals surface area contributed by atoms with E-state index in [0.717, 1.165) is 92.0 Å². The van der Waals surface area contributed by atoms with Gasteiger partial charge in [0.2, 0.25) is 11.8 Å². The van der Waals surface area contributed by atoms with Gasteiger partial charge in [-0.2, -0.15) is 5.26 Å². The number of nitriles is 1. The summed E-state index contributed by atoms with van der Waals surface area (Å²) in [7, 11) is 0. The summed E-state index contributed by atoms with van der Waals surface area (Å²) < 4.78 is 6.16. The molecule has 1 aliphatic carbocycles. The van der Waals surface area contributed by atoms with Crippen LogP contribution in [0.25, 0.3) is 0 Å². The van der Waals surface area contributed by atoms with Gasteiger partial charge in [-0.1, -0.05) is 23.4 Å². The van der Waals surface area contributed by atoms with E-state index < -0.39 is 29.7 Å². The van der Waals surface area contributed by atoms with Crippen LogP contribution in [0.4, 0.5) is 5.69 Å².